The number of nitrogens with one attached hydrogen (secondary N) is 1. The van der Waals surface area contributed by atoms with Crippen molar-refractivity contribution >= 4 is 45.2 Å². The van der Waals surface area contributed by atoms with E-state index >= 15 is 0 Å². The third kappa shape index (κ3) is 3.16. The molecule has 6 heteroatoms. The Hall–Kier alpha value is -0.910. The molecule has 0 aliphatic rings. The number of rotatable bonds is 4. The van der Waals surface area contributed by atoms with Gasteiger partial charge in [-0.1, -0.05) is 18.5 Å². The number of halogens is 1. The van der Waals surface area contributed by atoms with E-state index in [2.05, 4.69) is 17.2 Å². The van der Waals surface area contributed by atoms with Gasteiger partial charge in [-0.05, 0) is 37.6 Å². The van der Waals surface area contributed by atoms with Crippen LogP contribution >= 0.6 is 34.3 Å². The van der Waals surface area contributed by atoms with E-state index in [1.165, 1.54) is 22.7 Å². The zero-order chi connectivity index (χ0) is 14.0. The van der Waals surface area contributed by atoms with Crippen LogP contribution in [-0.4, -0.2) is 10.9 Å². The quantitative estimate of drug-likeness (QED) is 0.890. The molecule has 19 heavy (non-hydrogen) atoms. The Bertz CT molecular complexity index is 584. The minimum absolute atomic E-state index is 0.154. The first-order valence-corrected chi connectivity index (χ1v) is 8.11. The van der Waals surface area contributed by atoms with E-state index in [-0.39, 0.29) is 5.91 Å². The molecule has 0 saturated heterocycles. The fourth-order valence-corrected chi connectivity index (χ4v) is 3.94. The molecule has 0 atom stereocenters. The van der Waals surface area contributed by atoms with Crippen LogP contribution in [0.3, 0.4) is 0 Å². The van der Waals surface area contributed by atoms with E-state index < -0.39 is 0 Å². The molecule has 1 N–H and O–H groups in total. The van der Waals surface area contributed by atoms with Crippen molar-refractivity contribution in [3.8, 4) is 0 Å². The van der Waals surface area contributed by atoms with E-state index in [1.54, 1.807) is 0 Å². The SMILES string of the molecule is CCCc1nc(C)c(NC(=O)c2c(C)csc2Cl)s1. The number of hydrogen-bond donors (Lipinski definition) is 1. The molecule has 0 bridgehead atoms. The van der Waals surface area contributed by atoms with Crippen LogP contribution in [0.1, 0.15) is 40.0 Å². The molecule has 0 aromatic carbocycles. The first kappa shape index (κ1) is 14.5. The van der Waals surface area contributed by atoms with Gasteiger partial charge in [-0.2, -0.15) is 0 Å². The van der Waals surface area contributed by atoms with Gasteiger partial charge in [-0.25, -0.2) is 4.98 Å². The lowest BCUT2D eigenvalue weighted by molar-refractivity contribution is 0.102. The Morgan fingerprint density at radius 3 is 2.79 bits per heavy atom. The Morgan fingerprint density at radius 2 is 2.21 bits per heavy atom. The Balaban J connectivity index is 2.19. The Labute approximate surface area is 125 Å². The largest absolute Gasteiger partial charge is 0.312 e. The van der Waals surface area contributed by atoms with E-state index in [1.807, 2.05) is 19.2 Å². The number of hydrogen-bond acceptors (Lipinski definition) is 4. The monoisotopic (exact) mass is 314 g/mol. The van der Waals surface area contributed by atoms with Crippen molar-refractivity contribution in [2.75, 3.05) is 5.32 Å². The van der Waals surface area contributed by atoms with Crippen molar-refractivity contribution in [3.63, 3.8) is 0 Å². The van der Waals surface area contributed by atoms with Crippen LogP contribution in [-0.2, 0) is 6.42 Å². The maximum Gasteiger partial charge on any atom is 0.258 e. The summed E-state index contributed by atoms with van der Waals surface area (Å²) in [5.74, 6) is -0.154. The number of amides is 1. The van der Waals surface area contributed by atoms with Gasteiger partial charge in [0.15, 0.2) is 0 Å². The molecule has 102 valence electrons. The minimum Gasteiger partial charge on any atom is -0.312 e. The Kier molecular flexibility index (Phi) is 4.60. The summed E-state index contributed by atoms with van der Waals surface area (Å²) in [6, 6.07) is 0. The minimum atomic E-state index is -0.154. The molecule has 0 fully saturated rings. The first-order chi connectivity index (χ1) is 9.02. The topological polar surface area (TPSA) is 42.0 Å². The van der Waals surface area contributed by atoms with Gasteiger partial charge in [-0.3, -0.25) is 4.79 Å². The van der Waals surface area contributed by atoms with Crippen molar-refractivity contribution < 1.29 is 4.79 Å². The van der Waals surface area contributed by atoms with Gasteiger partial charge in [0.1, 0.15) is 9.34 Å². The molecule has 2 aromatic heterocycles. The third-order valence-electron chi connectivity index (χ3n) is 2.69. The first-order valence-electron chi connectivity index (χ1n) is 6.04. The summed E-state index contributed by atoms with van der Waals surface area (Å²) in [6.07, 6.45) is 2.00. The highest BCUT2D eigenvalue weighted by atomic mass is 35.5. The van der Waals surface area contributed by atoms with E-state index in [0.29, 0.717) is 9.90 Å². The van der Waals surface area contributed by atoms with Crippen molar-refractivity contribution in [2.24, 2.45) is 0 Å². The van der Waals surface area contributed by atoms with Crippen molar-refractivity contribution in [1.29, 1.82) is 0 Å². The number of anilines is 1. The zero-order valence-electron chi connectivity index (χ0n) is 11.0. The predicted molar refractivity (Wildman–Crippen MR) is 82.9 cm³/mol. The second kappa shape index (κ2) is 6.03. The van der Waals surface area contributed by atoms with E-state index in [9.17, 15) is 4.79 Å². The number of aromatic nitrogens is 1. The molecular weight excluding hydrogens is 300 g/mol. The molecule has 0 saturated carbocycles. The summed E-state index contributed by atoms with van der Waals surface area (Å²) in [5, 5.41) is 6.67. The molecule has 0 radical (unpaired) electrons. The number of carbonyl (C=O) groups is 1. The highest BCUT2D eigenvalue weighted by molar-refractivity contribution is 7.16. The molecule has 2 heterocycles. The third-order valence-corrected chi connectivity index (χ3v) is 5.16. The van der Waals surface area contributed by atoms with E-state index in [4.69, 9.17) is 11.6 Å². The van der Waals surface area contributed by atoms with Gasteiger partial charge in [0.25, 0.3) is 5.91 Å². The molecule has 0 aliphatic carbocycles. The molecule has 0 unspecified atom stereocenters. The summed E-state index contributed by atoms with van der Waals surface area (Å²) in [5.41, 5.74) is 2.34. The van der Waals surface area contributed by atoms with Gasteiger partial charge in [0.05, 0.1) is 16.3 Å². The fraction of sp³-hybridized carbons (Fsp3) is 0.385. The standard InChI is InChI=1S/C13H15ClN2OS2/c1-4-5-9-15-8(3)13(19-9)16-12(17)10-7(2)6-18-11(10)14/h6H,4-5H2,1-3H3,(H,16,17). The second-order valence-electron chi connectivity index (χ2n) is 4.29. The summed E-state index contributed by atoms with van der Waals surface area (Å²) in [7, 11) is 0. The van der Waals surface area contributed by atoms with Crippen LogP contribution in [0, 0.1) is 13.8 Å². The molecule has 2 aromatic rings. The number of carbonyl (C=O) groups excluding carboxylic acids is 1. The number of thiophene rings is 1. The summed E-state index contributed by atoms with van der Waals surface area (Å²) < 4.78 is 0.533. The highest BCUT2D eigenvalue weighted by Crippen LogP contribution is 2.30. The lowest BCUT2D eigenvalue weighted by atomic mass is 10.2. The number of thiazole rings is 1. The van der Waals surface area contributed by atoms with Crippen LogP contribution in [0.15, 0.2) is 5.38 Å². The smallest absolute Gasteiger partial charge is 0.258 e. The number of aryl methyl sites for hydroxylation is 3. The van der Waals surface area contributed by atoms with Crippen molar-refractivity contribution in [3.05, 3.63) is 31.5 Å². The van der Waals surface area contributed by atoms with Gasteiger partial charge in [-0.15, -0.1) is 22.7 Å². The zero-order valence-corrected chi connectivity index (χ0v) is 13.4. The maximum absolute atomic E-state index is 12.2. The van der Waals surface area contributed by atoms with Gasteiger partial charge in [0.2, 0.25) is 0 Å². The van der Waals surface area contributed by atoms with Crippen LogP contribution in [0.5, 0.6) is 0 Å². The van der Waals surface area contributed by atoms with Crippen LogP contribution in [0.2, 0.25) is 4.34 Å². The normalized spacial score (nSPS) is 10.7. The lowest BCUT2D eigenvalue weighted by Gasteiger charge is -2.03. The molecule has 3 nitrogen and oxygen atoms in total. The van der Waals surface area contributed by atoms with Gasteiger partial charge in [0, 0.05) is 0 Å². The predicted octanol–water partition coefficient (Wildman–Crippen LogP) is 4.68. The van der Waals surface area contributed by atoms with E-state index in [0.717, 1.165) is 34.1 Å². The lowest BCUT2D eigenvalue weighted by Crippen LogP contribution is -2.12. The molecule has 0 spiro atoms. The summed E-state index contributed by atoms with van der Waals surface area (Å²) in [6.45, 7) is 5.91. The highest BCUT2D eigenvalue weighted by Gasteiger charge is 2.17. The van der Waals surface area contributed by atoms with Crippen LogP contribution < -0.4 is 5.32 Å². The van der Waals surface area contributed by atoms with Crippen molar-refractivity contribution in [2.45, 2.75) is 33.6 Å². The maximum atomic E-state index is 12.2. The molecule has 0 aliphatic heterocycles. The Morgan fingerprint density at radius 1 is 1.47 bits per heavy atom. The van der Waals surface area contributed by atoms with Gasteiger partial charge >= 0.3 is 0 Å². The second-order valence-corrected chi connectivity index (χ2v) is 6.86. The number of nitrogens with zero attached hydrogens (tertiary/aromatic N) is 1. The molecule has 2 rings (SSSR count). The van der Waals surface area contributed by atoms with Crippen LogP contribution in [0.4, 0.5) is 5.00 Å². The average molecular weight is 315 g/mol. The van der Waals surface area contributed by atoms with Crippen molar-refractivity contribution in [1.82, 2.24) is 4.98 Å². The summed E-state index contributed by atoms with van der Waals surface area (Å²) in [4.78, 5) is 16.7. The van der Waals surface area contributed by atoms with Gasteiger partial charge < -0.3 is 5.32 Å². The average Bonchev–Trinajstić information content (AvgIpc) is 2.84. The molecule has 1 amide bonds. The molecular formula is C13H15ClN2OS2. The fourth-order valence-electron chi connectivity index (χ4n) is 1.74. The van der Waals surface area contributed by atoms with Crippen LogP contribution in [0.25, 0.3) is 0 Å². The summed E-state index contributed by atoms with van der Waals surface area (Å²) >= 11 is 8.96.